The van der Waals surface area contributed by atoms with Crippen LogP contribution in [0, 0.1) is 13.8 Å². The van der Waals surface area contributed by atoms with Crippen molar-refractivity contribution in [2.45, 2.75) is 25.3 Å². The van der Waals surface area contributed by atoms with Crippen molar-refractivity contribution >= 4 is 27.6 Å². The second-order valence-electron chi connectivity index (χ2n) is 7.46. The molecule has 2 aromatic heterocycles. The number of ether oxygens (including phenoxy) is 1. The summed E-state index contributed by atoms with van der Waals surface area (Å²) < 4.78 is 38.5. The van der Waals surface area contributed by atoms with Crippen molar-refractivity contribution in [3.8, 4) is 5.75 Å². The van der Waals surface area contributed by atoms with Crippen LogP contribution in [0.4, 0.5) is 11.6 Å². The zero-order valence-electron chi connectivity index (χ0n) is 18.5. The Labute approximate surface area is 196 Å². The minimum atomic E-state index is -3.86. The van der Waals surface area contributed by atoms with Gasteiger partial charge in [-0.2, -0.15) is 0 Å². The molecule has 0 bridgehead atoms. The number of sulfonamides is 1. The molecule has 9 nitrogen and oxygen atoms in total. The fraction of sp³-hybridized carbons (Fsp3) is 0.125. The van der Waals surface area contributed by atoms with Gasteiger partial charge in [-0.3, -0.25) is 4.79 Å². The number of carbonyl (C=O) groups is 1. The molecule has 2 heterocycles. The summed E-state index contributed by atoms with van der Waals surface area (Å²) in [6.45, 7) is 4.22. The first kappa shape index (κ1) is 23.0. The Balaban J connectivity index is 1.35. The van der Waals surface area contributed by atoms with Gasteiger partial charge < -0.3 is 14.5 Å². The number of nitrogens with zero attached hydrogens (tertiary/aromatic N) is 2. The third kappa shape index (κ3) is 5.59. The van der Waals surface area contributed by atoms with Gasteiger partial charge in [-0.25, -0.2) is 23.1 Å². The fourth-order valence-electron chi connectivity index (χ4n) is 2.98. The molecule has 4 rings (SSSR count). The summed E-state index contributed by atoms with van der Waals surface area (Å²) in [6, 6.07) is 16.3. The molecule has 0 aliphatic heterocycles. The Morgan fingerprint density at radius 3 is 2.41 bits per heavy atom. The molecule has 0 fully saturated rings. The standard InChI is InChI=1S/C24H22N4O5S/c1-16-4-7-19(14-17(16)2)32-15-20-8-11-22(33-20)23(29)27-18-5-9-21(10-6-18)34(30,31)28-24-25-12-3-13-26-24/h3-14H,15H2,1-2H3,(H,27,29)(H,25,26,28). The van der Waals surface area contributed by atoms with Crippen LogP contribution in [0.1, 0.15) is 27.4 Å². The van der Waals surface area contributed by atoms with Crippen molar-refractivity contribution in [1.29, 1.82) is 0 Å². The number of rotatable bonds is 8. The molecule has 10 heteroatoms. The minimum absolute atomic E-state index is 0.00160. The number of furan rings is 1. The van der Waals surface area contributed by atoms with E-state index in [1.54, 1.807) is 18.2 Å². The second-order valence-corrected chi connectivity index (χ2v) is 9.14. The molecule has 0 aliphatic carbocycles. The molecular weight excluding hydrogens is 456 g/mol. The highest BCUT2D eigenvalue weighted by atomic mass is 32.2. The molecule has 0 unspecified atom stereocenters. The average molecular weight is 479 g/mol. The predicted molar refractivity (Wildman–Crippen MR) is 126 cm³/mol. The molecule has 0 atom stereocenters. The molecule has 0 saturated carbocycles. The molecule has 34 heavy (non-hydrogen) atoms. The minimum Gasteiger partial charge on any atom is -0.486 e. The van der Waals surface area contributed by atoms with Gasteiger partial charge in [-0.05, 0) is 79.6 Å². The molecule has 2 N–H and O–H groups in total. The van der Waals surface area contributed by atoms with Crippen LogP contribution < -0.4 is 14.8 Å². The lowest BCUT2D eigenvalue weighted by atomic mass is 10.1. The maximum Gasteiger partial charge on any atom is 0.291 e. The van der Waals surface area contributed by atoms with Gasteiger partial charge in [0.05, 0.1) is 4.90 Å². The summed E-state index contributed by atoms with van der Waals surface area (Å²) in [7, 11) is -3.86. The topological polar surface area (TPSA) is 123 Å². The largest absolute Gasteiger partial charge is 0.486 e. The van der Waals surface area contributed by atoms with E-state index in [0.29, 0.717) is 17.2 Å². The van der Waals surface area contributed by atoms with Crippen molar-refractivity contribution in [1.82, 2.24) is 9.97 Å². The number of amides is 1. The first-order valence-corrected chi connectivity index (χ1v) is 11.8. The summed E-state index contributed by atoms with van der Waals surface area (Å²) >= 11 is 0. The molecule has 4 aromatic rings. The molecule has 0 radical (unpaired) electrons. The van der Waals surface area contributed by atoms with E-state index >= 15 is 0 Å². The first-order valence-electron chi connectivity index (χ1n) is 10.3. The van der Waals surface area contributed by atoms with E-state index in [9.17, 15) is 13.2 Å². The van der Waals surface area contributed by atoms with Gasteiger partial charge in [0.15, 0.2) is 5.76 Å². The number of hydrogen-bond acceptors (Lipinski definition) is 7. The normalized spacial score (nSPS) is 11.1. The molecule has 174 valence electrons. The van der Waals surface area contributed by atoms with Crippen molar-refractivity contribution in [3.63, 3.8) is 0 Å². The van der Waals surface area contributed by atoms with E-state index in [0.717, 1.165) is 5.56 Å². The van der Waals surface area contributed by atoms with Crippen molar-refractivity contribution in [2.75, 3.05) is 10.0 Å². The third-order valence-corrected chi connectivity index (χ3v) is 6.30. The Kier molecular flexibility index (Phi) is 6.60. The smallest absolute Gasteiger partial charge is 0.291 e. The van der Waals surface area contributed by atoms with Gasteiger partial charge in [-0.1, -0.05) is 6.07 Å². The number of anilines is 2. The number of benzene rings is 2. The first-order chi connectivity index (χ1) is 16.3. The summed E-state index contributed by atoms with van der Waals surface area (Å²) in [5.41, 5.74) is 2.71. The van der Waals surface area contributed by atoms with Gasteiger partial charge in [0.2, 0.25) is 5.95 Å². The highest BCUT2D eigenvalue weighted by Crippen LogP contribution is 2.20. The van der Waals surface area contributed by atoms with Gasteiger partial charge in [-0.15, -0.1) is 0 Å². The van der Waals surface area contributed by atoms with Crippen LogP contribution in [-0.2, 0) is 16.6 Å². The predicted octanol–water partition coefficient (Wildman–Crippen LogP) is 4.32. The highest BCUT2D eigenvalue weighted by molar-refractivity contribution is 7.92. The lowest BCUT2D eigenvalue weighted by molar-refractivity contribution is 0.0992. The van der Waals surface area contributed by atoms with E-state index < -0.39 is 15.9 Å². The number of hydrogen-bond donors (Lipinski definition) is 2. The quantitative estimate of drug-likeness (QED) is 0.387. The summed E-state index contributed by atoms with van der Waals surface area (Å²) in [5.74, 6) is 0.824. The van der Waals surface area contributed by atoms with Gasteiger partial charge in [0.1, 0.15) is 18.1 Å². The van der Waals surface area contributed by atoms with E-state index in [2.05, 4.69) is 20.0 Å². The zero-order chi connectivity index (χ0) is 24.1. The van der Waals surface area contributed by atoms with E-state index in [-0.39, 0.29) is 23.2 Å². The summed E-state index contributed by atoms with van der Waals surface area (Å²) in [6.07, 6.45) is 2.86. The maximum absolute atomic E-state index is 12.5. The van der Waals surface area contributed by atoms with Crippen molar-refractivity contribution < 1.29 is 22.4 Å². The lowest BCUT2D eigenvalue weighted by Gasteiger charge is -2.08. The Hall–Kier alpha value is -4.18. The van der Waals surface area contributed by atoms with Crippen molar-refractivity contribution in [2.24, 2.45) is 0 Å². The molecule has 0 saturated heterocycles. The molecular formula is C24H22N4O5S. The summed E-state index contributed by atoms with van der Waals surface area (Å²) in [5, 5.41) is 2.67. The molecule has 0 aliphatic rings. The average Bonchev–Trinajstić information content (AvgIpc) is 3.30. The zero-order valence-corrected chi connectivity index (χ0v) is 19.3. The monoisotopic (exact) mass is 478 g/mol. The van der Waals surface area contributed by atoms with E-state index in [4.69, 9.17) is 9.15 Å². The molecule has 1 amide bonds. The SMILES string of the molecule is Cc1ccc(OCc2ccc(C(=O)Nc3ccc(S(=O)(=O)Nc4ncccn4)cc3)o2)cc1C. The summed E-state index contributed by atoms with van der Waals surface area (Å²) in [4.78, 5) is 20.2. The Morgan fingerprint density at radius 2 is 1.71 bits per heavy atom. The Morgan fingerprint density at radius 1 is 0.971 bits per heavy atom. The van der Waals surface area contributed by atoms with Crippen LogP contribution >= 0.6 is 0 Å². The van der Waals surface area contributed by atoms with Crippen LogP contribution in [0.3, 0.4) is 0 Å². The third-order valence-electron chi connectivity index (χ3n) is 4.96. The van der Waals surface area contributed by atoms with Gasteiger partial charge in [0.25, 0.3) is 15.9 Å². The van der Waals surface area contributed by atoms with Crippen LogP contribution in [0.5, 0.6) is 5.75 Å². The van der Waals surface area contributed by atoms with E-state index in [1.165, 1.54) is 42.2 Å². The van der Waals surface area contributed by atoms with Crippen molar-refractivity contribution in [3.05, 3.63) is 95.7 Å². The molecule has 2 aromatic carbocycles. The van der Waals surface area contributed by atoms with Gasteiger partial charge >= 0.3 is 0 Å². The van der Waals surface area contributed by atoms with Crippen LogP contribution in [0.2, 0.25) is 0 Å². The van der Waals surface area contributed by atoms with Crippen LogP contribution in [0.15, 0.2) is 82.4 Å². The second kappa shape index (κ2) is 9.75. The maximum atomic E-state index is 12.5. The number of carbonyl (C=O) groups excluding carboxylic acids is 1. The van der Waals surface area contributed by atoms with E-state index in [1.807, 2.05) is 32.0 Å². The highest BCUT2D eigenvalue weighted by Gasteiger charge is 2.16. The number of nitrogens with one attached hydrogen (secondary N) is 2. The number of aryl methyl sites for hydroxylation is 2. The van der Waals surface area contributed by atoms with Crippen LogP contribution in [0.25, 0.3) is 0 Å². The Bertz CT molecular complexity index is 1400. The molecule has 0 spiro atoms. The van der Waals surface area contributed by atoms with Gasteiger partial charge in [0, 0.05) is 18.1 Å². The fourth-order valence-corrected chi connectivity index (χ4v) is 3.93. The van der Waals surface area contributed by atoms with Crippen LogP contribution in [-0.4, -0.2) is 24.3 Å². The lowest BCUT2D eigenvalue weighted by Crippen LogP contribution is -2.15. The number of aromatic nitrogens is 2.